The zero-order chi connectivity index (χ0) is 18.8. The van der Waals surface area contributed by atoms with Gasteiger partial charge in [0.05, 0.1) is 11.1 Å². The van der Waals surface area contributed by atoms with Gasteiger partial charge in [-0.3, -0.25) is 9.59 Å². The van der Waals surface area contributed by atoms with Gasteiger partial charge in [-0.2, -0.15) is 26.3 Å². The van der Waals surface area contributed by atoms with Crippen molar-refractivity contribution in [2.75, 3.05) is 31.5 Å². The summed E-state index contributed by atoms with van der Waals surface area (Å²) in [5, 5.41) is 4.74. The molecule has 0 unspecified atom stereocenters. The molecule has 1 heterocycles. The number of benzene rings is 1. The number of amides is 2. The van der Waals surface area contributed by atoms with Crippen molar-refractivity contribution >= 4 is 17.5 Å². The monoisotopic (exact) mass is 369 g/mol. The molecule has 1 aromatic carbocycles. The van der Waals surface area contributed by atoms with Gasteiger partial charge in [0.25, 0.3) is 0 Å². The second kappa shape index (κ2) is 6.90. The summed E-state index contributed by atoms with van der Waals surface area (Å²) in [6.45, 7) is 1.28. The van der Waals surface area contributed by atoms with Crippen molar-refractivity contribution in [3.05, 3.63) is 29.3 Å². The number of nitrogens with zero attached hydrogens (tertiary/aromatic N) is 1. The van der Waals surface area contributed by atoms with E-state index in [9.17, 15) is 35.9 Å². The number of piperazine rings is 1. The highest BCUT2D eigenvalue weighted by Gasteiger charge is 2.37. The standard InChI is InChI=1S/C14H13F6N3O2/c15-13(16,17)8-5-9(14(18,19)20)7-10(6-8)22-11(24)12(25)23-3-1-21-2-4-23/h5-7,21H,1-4H2,(H,22,24). The van der Waals surface area contributed by atoms with Crippen LogP contribution in [0.5, 0.6) is 0 Å². The molecule has 0 spiro atoms. The summed E-state index contributed by atoms with van der Waals surface area (Å²) < 4.78 is 76.6. The van der Waals surface area contributed by atoms with Gasteiger partial charge in [0.2, 0.25) is 0 Å². The van der Waals surface area contributed by atoms with E-state index in [1.807, 2.05) is 5.32 Å². The molecule has 1 aliphatic rings. The lowest BCUT2D eigenvalue weighted by Crippen LogP contribution is -2.49. The fourth-order valence-electron chi connectivity index (χ4n) is 2.22. The lowest BCUT2D eigenvalue weighted by molar-refractivity contribution is -0.143. The third kappa shape index (κ3) is 4.84. The number of hydrogen-bond donors (Lipinski definition) is 2. The van der Waals surface area contributed by atoms with E-state index >= 15 is 0 Å². The molecule has 0 bridgehead atoms. The molecule has 1 saturated heterocycles. The van der Waals surface area contributed by atoms with Gasteiger partial charge in [-0.25, -0.2) is 0 Å². The number of nitrogens with one attached hydrogen (secondary N) is 2. The molecular formula is C14H13F6N3O2. The maximum absolute atomic E-state index is 12.8. The second-order valence-corrected chi connectivity index (χ2v) is 5.29. The van der Waals surface area contributed by atoms with Crippen LogP contribution in [0.4, 0.5) is 32.0 Å². The van der Waals surface area contributed by atoms with Crippen molar-refractivity contribution < 1.29 is 35.9 Å². The number of alkyl halides is 6. The third-order valence-electron chi connectivity index (χ3n) is 3.44. The second-order valence-electron chi connectivity index (χ2n) is 5.29. The zero-order valence-corrected chi connectivity index (χ0v) is 12.6. The summed E-state index contributed by atoms with van der Waals surface area (Å²) >= 11 is 0. The van der Waals surface area contributed by atoms with E-state index in [-0.39, 0.29) is 19.2 Å². The average Bonchev–Trinajstić information content (AvgIpc) is 2.53. The fourth-order valence-corrected chi connectivity index (χ4v) is 2.22. The summed E-state index contributed by atoms with van der Waals surface area (Å²) in [5.41, 5.74) is -3.91. The summed E-state index contributed by atoms with van der Waals surface area (Å²) in [6, 6.07) is 0.629. The number of anilines is 1. The number of hydrogen-bond acceptors (Lipinski definition) is 3. The molecular weight excluding hydrogens is 356 g/mol. The van der Waals surface area contributed by atoms with Crippen molar-refractivity contribution in [3.63, 3.8) is 0 Å². The van der Waals surface area contributed by atoms with Gasteiger partial charge in [0, 0.05) is 31.9 Å². The number of carbonyl (C=O) groups excluding carboxylic acids is 2. The molecule has 1 aromatic rings. The van der Waals surface area contributed by atoms with E-state index in [2.05, 4.69) is 5.32 Å². The smallest absolute Gasteiger partial charge is 0.332 e. The maximum Gasteiger partial charge on any atom is 0.416 e. The van der Waals surface area contributed by atoms with Crippen LogP contribution in [-0.2, 0) is 21.9 Å². The Morgan fingerprint density at radius 1 is 0.920 bits per heavy atom. The summed E-state index contributed by atoms with van der Waals surface area (Å²) in [6.07, 6.45) is -10.1. The molecule has 0 radical (unpaired) electrons. The Morgan fingerprint density at radius 3 is 1.84 bits per heavy atom. The molecule has 1 fully saturated rings. The van der Waals surface area contributed by atoms with Crippen molar-refractivity contribution in [3.8, 4) is 0 Å². The minimum absolute atomic E-state index is 0.0617. The Morgan fingerprint density at radius 2 is 1.40 bits per heavy atom. The Hall–Kier alpha value is -2.30. The first-order chi connectivity index (χ1) is 11.5. The Balaban J connectivity index is 2.25. The van der Waals surface area contributed by atoms with Crippen LogP contribution in [0.3, 0.4) is 0 Å². The van der Waals surface area contributed by atoms with Gasteiger partial charge < -0.3 is 15.5 Å². The molecule has 2 rings (SSSR count). The van der Waals surface area contributed by atoms with Gasteiger partial charge in [0.15, 0.2) is 0 Å². The van der Waals surface area contributed by atoms with E-state index in [1.165, 1.54) is 0 Å². The zero-order valence-electron chi connectivity index (χ0n) is 12.6. The van der Waals surface area contributed by atoms with E-state index in [4.69, 9.17) is 0 Å². The first-order valence-electron chi connectivity index (χ1n) is 7.09. The highest BCUT2D eigenvalue weighted by atomic mass is 19.4. The number of carbonyl (C=O) groups is 2. The molecule has 11 heteroatoms. The van der Waals surface area contributed by atoms with E-state index in [0.717, 1.165) is 4.90 Å². The topological polar surface area (TPSA) is 61.4 Å². The molecule has 0 saturated carbocycles. The molecule has 5 nitrogen and oxygen atoms in total. The van der Waals surface area contributed by atoms with Crippen LogP contribution >= 0.6 is 0 Å². The molecule has 25 heavy (non-hydrogen) atoms. The summed E-state index contributed by atoms with van der Waals surface area (Å²) in [4.78, 5) is 24.9. The Labute approximate surface area is 138 Å². The third-order valence-corrected chi connectivity index (χ3v) is 3.44. The van der Waals surface area contributed by atoms with E-state index in [1.54, 1.807) is 0 Å². The van der Waals surface area contributed by atoms with Crippen LogP contribution in [0.2, 0.25) is 0 Å². The lowest BCUT2D eigenvalue weighted by atomic mass is 10.1. The van der Waals surface area contributed by atoms with Gasteiger partial charge in [-0.1, -0.05) is 0 Å². The van der Waals surface area contributed by atoms with Gasteiger partial charge in [-0.15, -0.1) is 0 Å². The Kier molecular flexibility index (Phi) is 5.26. The summed E-state index contributed by atoms with van der Waals surface area (Å²) in [5.74, 6) is -2.32. The Bertz CT molecular complexity index is 633. The van der Waals surface area contributed by atoms with Crippen molar-refractivity contribution in [2.24, 2.45) is 0 Å². The van der Waals surface area contributed by atoms with Crippen LogP contribution in [0.15, 0.2) is 18.2 Å². The minimum Gasteiger partial charge on any atom is -0.332 e. The van der Waals surface area contributed by atoms with Crippen LogP contribution in [-0.4, -0.2) is 42.9 Å². The number of rotatable bonds is 1. The van der Waals surface area contributed by atoms with E-state index in [0.29, 0.717) is 25.2 Å². The highest BCUT2D eigenvalue weighted by molar-refractivity contribution is 6.39. The highest BCUT2D eigenvalue weighted by Crippen LogP contribution is 2.37. The van der Waals surface area contributed by atoms with Crippen molar-refractivity contribution in [1.29, 1.82) is 0 Å². The largest absolute Gasteiger partial charge is 0.416 e. The van der Waals surface area contributed by atoms with E-state index < -0.39 is 41.0 Å². The van der Waals surface area contributed by atoms with Gasteiger partial charge in [0.1, 0.15) is 0 Å². The summed E-state index contributed by atoms with van der Waals surface area (Å²) in [7, 11) is 0. The normalized spacial score (nSPS) is 15.8. The SMILES string of the molecule is O=C(Nc1cc(C(F)(F)F)cc(C(F)(F)F)c1)C(=O)N1CCNCC1. The van der Waals surface area contributed by atoms with Crippen LogP contribution < -0.4 is 10.6 Å². The fraction of sp³-hybridized carbons (Fsp3) is 0.429. The molecule has 1 aliphatic heterocycles. The average molecular weight is 369 g/mol. The van der Waals surface area contributed by atoms with Crippen molar-refractivity contribution in [2.45, 2.75) is 12.4 Å². The minimum atomic E-state index is -5.04. The quantitative estimate of drug-likeness (QED) is 0.589. The van der Waals surface area contributed by atoms with Gasteiger partial charge >= 0.3 is 24.2 Å². The number of halogens is 6. The van der Waals surface area contributed by atoms with Crippen LogP contribution in [0, 0.1) is 0 Å². The molecule has 0 aliphatic carbocycles. The predicted octanol–water partition coefficient (Wildman–Crippen LogP) is 2.09. The molecule has 0 atom stereocenters. The molecule has 0 aromatic heterocycles. The molecule has 138 valence electrons. The predicted molar refractivity (Wildman–Crippen MR) is 74.5 cm³/mol. The molecule has 2 N–H and O–H groups in total. The van der Waals surface area contributed by atoms with Crippen LogP contribution in [0.1, 0.15) is 11.1 Å². The maximum atomic E-state index is 12.8. The van der Waals surface area contributed by atoms with Gasteiger partial charge in [-0.05, 0) is 18.2 Å². The first kappa shape index (κ1) is 19.0. The lowest BCUT2D eigenvalue weighted by Gasteiger charge is -2.26. The first-order valence-corrected chi connectivity index (χ1v) is 7.09. The molecule has 2 amide bonds. The van der Waals surface area contributed by atoms with Crippen molar-refractivity contribution in [1.82, 2.24) is 10.2 Å². The van der Waals surface area contributed by atoms with Crippen LogP contribution in [0.25, 0.3) is 0 Å².